The highest BCUT2D eigenvalue weighted by Crippen LogP contribution is 2.23. The molecule has 27 heavy (non-hydrogen) atoms. The molecule has 0 unspecified atom stereocenters. The number of nitrogens with one attached hydrogen (secondary N) is 2. The molecule has 1 atom stereocenters. The fraction of sp³-hybridized carbons (Fsp3) is 0.100. The third kappa shape index (κ3) is 3.19. The summed E-state index contributed by atoms with van der Waals surface area (Å²) in [6.07, 6.45) is 3.38. The minimum Gasteiger partial charge on any atom is -0.350 e. The van der Waals surface area contributed by atoms with E-state index in [4.69, 9.17) is 0 Å². The van der Waals surface area contributed by atoms with Crippen LogP contribution < -0.4 is 5.32 Å². The summed E-state index contributed by atoms with van der Waals surface area (Å²) in [6.45, 7) is 0. The number of hydrogen-bond donors (Lipinski definition) is 2. The predicted octanol–water partition coefficient (Wildman–Crippen LogP) is 3.70. The summed E-state index contributed by atoms with van der Waals surface area (Å²) >= 11 is 0. The van der Waals surface area contributed by atoms with Gasteiger partial charge in [0.25, 0.3) is 5.91 Å². The van der Waals surface area contributed by atoms with Gasteiger partial charge in [-0.3, -0.25) is 4.79 Å². The molecule has 7 heteroatoms. The summed E-state index contributed by atoms with van der Waals surface area (Å²) in [5.74, 6) is -0.586. The number of benzene rings is 2. The lowest BCUT2D eigenvalue weighted by atomic mass is 10.1. The molecule has 5 nitrogen and oxygen atoms in total. The van der Waals surface area contributed by atoms with Gasteiger partial charge in [0, 0.05) is 30.3 Å². The molecule has 1 amide bonds. The molecule has 4 aromatic rings. The van der Waals surface area contributed by atoms with E-state index in [0.717, 1.165) is 0 Å². The van der Waals surface area contributed by atoms with Gasteiger partial charge in [0.2, 0.25) is 0 Å². The number of aromatic nitrogens is 3. The van der Waals surface area contributed by atoms with Gasteiger partial charge in [-0.15, -0.1) is 0 Å². The van der Waals surface area contributed by atoms with Gasteiger partial charge in [-0.05, 0) is 35.9 Å². The topological polar surface area (TPSA) is 62.7 Å². The number of imidazole rings is 1. The molecular formula is C20H16F2N4O. The molecule has 0 aliphatic rings. The maximum atomic E-state index is 13.9. The molecule has 0 aliphatic heterocycles. The molecular weight excluding hydrogens is 350 g/mol. The quantitative estimate of drug-likeness (QED) is 0.579. The normalized spacial score (nSPS) is 12.3. The predicted molar refractivity (Wildman–Crippen MR) is 97.2 cm³/mol. The van der Waals surface area contributed by atoms with E-state index in [2.05, 4.69) is 15.3 Å². The van der Waals surface area contributed by atoms with E-state index in [-0.39, 0.29) is 11.5 Å². The number of rotatable bonds is 4. The van der Waals surface area contributed by atoms with Crippen LogP contribution in [0.1, 0.15) is 27.9 Å². The van der Waals surface area contributed by atoms with E-state index in [1.807, 2.05) is 7.05 Å². The van der Waals surface area contributed by atoms with Crippen LogP contribution in [-0.2, 0) is 7.05 Å². The van der Waals surface area contributed by atoms with E-state index in [0.29, 0.717) is 22.3 Å². The van der Waals surface area contributed by atoms with Crippen LogP contribution in [0.4, 0.5) is 8.78 Å². The zero-order valence-corrected chi connectivity index (χ0v) is 14.4. The van der Waals surface area contributed by atoms with E-state index in [1.165, 1.54) is 24.3 Å². The van der Waals surface area contributed by atoms with Gasteiger partial charge in [0.05, 0.1) is 0 Å². The smallest absolute Gasteiger partial charge is 0.268 e. The molecule has 2 aromatic carbocycles. The average Bonchev–Trinajstić information content (AvgIpc) is 3.28. The highest BCUT2D eigenvalue weighted by atomic mass is 19.1. The van der Waals surface area contributed by atoms with Crippen LogP contribution >= 0.6 is 0 Å². The van der Waals surface area contributed by atoms with Crippen molar-refractivity contribution in [2.45, 2.75) is 6.04 Å². The van der Waals surface area contributed by atoms with Crippen LogP contribution in [0.15, 0.2) is 60.9 Å². The molecule has 136 valence electrons. The van der Waals surface area contributed by atoms with Gasteiger partial charge in [-0.25, -0.2) is 13.8 Å². The third-order valence-corrected chi connectivity index (χ3v) is 4.45. The van der Waals surface area contributed by atoms with Crippen LogP contribution in [0.5, 0.6) is 0 Å². The summed E-state index contributed by atoms with van der Waals surface area (Å²) in [5, 5.41) is 3.24. The van der Waals surface area contributed by atoms with Gasteiger partial charge in [-0.2, -0.15) is 0 Å². The first-order chi connectivity index (χ1) is 13.0. The summed E-state index contributed by atoms with van der Waals surface area (Å²) in [6, 6.07) is 11.4. The van der Waals surface area contributed by atoms with Crippen molar-refractivity contribution >= 4 is 16.8 Å². The number of hydrogen-bond acceptors (Lipinski definition) is 2. The summed E-state index contributed by atoms with van der Waals surface area (Å²) in [7, 11) is 1.81. The van der Waals surface area contributed by atoms with Gasteiger partial charge >= 0.3 is 0 Å². The van der Waals surface area contributed by atoms with E-state index >= 15 is 0 Å². The molecule has 2 N–H and O–H groups in total. The number of carbonyl (C=O) groups is 1. The molecule has 0 aliphatic carbocycles. The van der Waals surface area contributed by atoms with Crippen molar-refractivity contribution in [3.05, 3.63) is 89.6 Å². The van der Waals surface area contributed by atoms with E-state index in [9.17, 15) is 13.6 Å². The number of aryl methyl sites for hydroxylation is 1. The van der Waals surface area contributed by atoms with Crippen LogP contribution in [-0.4, -0.2) is 20.4 Å². The van der Waals surface area contributed by atoms with Crippen molar-refractivity contribution < 1.29 is 13.6 Å². The highest BCUT2D eigenvalue weighted by Gasteiger charge is 2.22. The monoisotopic (exact) mass is 366 g/mol. The summed E-state index contributed by atoms with van der Waals surface area (Å²) in [4.78, 5) is 20.0. The molecule has 2 heterocycles. The average molecular weight is 366 g/mol. The zero-order chi connectivity index (χ0) is 19.0. The number of aromatic amines is 1. The lowest BCUT2D eigenvalue weighted by molar-refractivity contribution is 0.0937. The SMILES string of the molecule is Cn1ccnc1[C@H](NC(=O)c1cc2c(F)cccc2[nH]1)c1ccc(F)cc1. The fourth-order valence-corrected chi connectivity index (χ4v) is 3.06. The molecule has 0 saturated heterocycles. The minimum absolute atomic E-state index is 0.233. The Kier molecular flexibility index (Phi) is 4.19. The Bertz CT molecular complexity index is 1110. The Morgan fingerprint density at radius 1 is 1.19 bits per heavy atom. The van der Waals surface area contributed by atoms with Gasteiger partial charge in [0.1, 0.15) is 29.2 Å². The first-order valence-corrected chi connectivity index (χ1v) is 8.34. The van der Waals surface area contributed by atoms with Crippen LogP contribution in [0.3, 0.4) is 0 Å². The molecule has 0 fully saturated rings. The van der Waals surface area contributed by atoms with Crippen molar-refractivity contribution in [1.29, 1.82) is 0 Å². The fourth-order valence-electron chi connectivity index (χ4n) is 3.06. The van der Waals surface area contributed by atoms with Crippen molar-refractivity contribution in [2.75, 3.05) is 0 Å². The van der Waals surface area contributed by atoms with Crippen LogP contribution in [0, 0.1) is 11.6 Å². The molecule has 0 saturated carbocycles. The standard InChI is InChI=1S/C20H16F2N4O/c1-26-10-9-23-19(26)18(12-5-7-13(21)8-6-12)25-20(27)17-11-14-15(22)3-2-4-16(14)24-17/h2-11,18,24H,1H3,(H,25,27)/t18-/m1/s1. The van der Waals surface area contributed by atoms with Crippen molar-refractivity contribution in [3.8, 4) is 0 Å². The van der Waals surface area contributed by atoms with Gasteiger partial charge < -0.3 is 14.9 Å². The first kappa shape index (κ1) is 17.0. The lowest BCUT2D eigenvalue weighted by Gasteiger charge is -2.19. The summed E-state index contributed by atoms with van der Waals surface area (Å²) < 4.78 is 29.0. The molecule has 4 rings (SSSR count). The van der Waals surface area contributed by atoms with Gasteiger partial charge in [-0.1, -0.05) is 18.2 Å². The second-order valence-corrected chi connectivity index (χ2v) is 6.24. The Morgan fingerprint density at radius 3 is 2.63 bits per heavy atom. The zero-order valence-electron chi connectivity index (χ0n) is 14.4. The number of carbonyl (C=O) groups excluding carboxylic acids is 1. The Labute approximate surface area is 153 Å². The van der Waals surface area contributed by atoms with Crippen LogP contribution in [0.25, 0.3) is 10.9 Å². The number of halogens is 2. The second-order valence-electron chi connectivity index (χ2n) is 6.24. The summed E-state index contributed by atoms with van der Waals surface area (Å²) in [5.41, 5.74) is 1.45. The number of amides is 1. The molecule has 0 bridgehead atoms. The first-order valence-electron chi connectivity index (χ1n) is 8.34. The highest BCUT2D eigenvalue weighted by molar-refractivity contribution is 5.98. The second kappa shape index (κ2) is 6.68. The van der Waals surface area contributed by atoms with E-state index < -0.39 is 17.8 Å². The Balaban J connectivity index is 1.70. The van der Waals surface area contributed by atoms with Crippen LogP contribution in [0.2, 0.25) is 0 Å². The Morgan fingerprint density at radius 2 is 1.96 bits per heavy atom. The largest absolute Gasteiger partial charge is 0.350 e. The van der Waals surface area contributed by atoms with Crippen molar-refractivity contribution in [1.82, 2.24) is 19.9 Å². The maximum Gasteiger partial charge on any atom is 0.268 e. The minimum atomic E-state index is -0.589. The number of H-pyrrole nitrogens is 1. The van der Waals surface area contributed by atoms with Crippen molar-refractivity contribution in [3.63, 3.8) is 0 Å². The molecule has 2 aromatic heterocycles. The number of nitrogens with zero attached hydrogens (tertiary/aromatic N) is 2. The lowest BCUT2D eigenvalue weighted by Crippen LogP contribution is -2.31. The molecule has 0 radical (unpaired) electrons. The third-order valence-electron chi connectivity index (χ3n) is 4.45. The number of fused-ring (bicyclic) bond motifs is 1. The maximum absolute atomic E-state index is 13.9. The Hall–Kier alpha value is -3.48. The van der Waals surface area contributed by atoms with Gasteiger partial charge in [0.15, 0.2) is 0 Å². The van der Waals surface area contributed by atoms with Crippen molar-refractivity contribution in [2.24, 2.45) is 7.05 Å². The molecule has 0 spiro atoms. The van der Waals surface area contributed by atoms with E-state index in [1.54, 1.807) is 41.2 Å².